The normalized spacial score (nSPS) is 11.4. The van der Waals surface area contributed by atoms with Crippen molar-refractivity contribution >= 4 is 32.7 Å². The third-order valence-electron chi connectivity index (χ3n) is 9.95. The molecule has 0 amide bonds. The van der Waals surface area contributed by atoms with Crippen LogP contribution in [0.3, 0.4) is 0 Å². The van der Waals surface area contributed by atoms with Gasteiger partial charge in [-0.1, -0.05) is 164 Å². The second kappa shape index (κ2) is 12.9. The van der Waals surface area contributed by atoms with Gasteiger partial charge in [0.25, 0.3) is 0 Å². The summed E-state index contributed by atoms with van der Waals surface area (Å²) in [6, 6.07) is 65.2. The first kappa shape index (κ1) is 30.6. The third-order valence-corrected chi connectivity index (χ3v) is 9.95. The van der Waals surface area contributed by atoms with E-state index in [-0.39, 0.29) is 0 Å². The number of rotatable bonds is 6. The molecule has 248 valence electrons. The van der Waals surface area contributed by atoms with Crippen LogP contribution >= 0.6 is 0 Å². The number of fused-ring (bicyclic) bond motifs is 4. The monoisotopic (exact) mass is 677 g/mol. The van der Waals surface area contributed by atoms with Crippen LogP contribution in [0.2, 0.25) is 0 Å². The maximum absolute atomic E-state index is 6.49. The molecular formula is C49H31N3O. The van der Waals surface area contributed by atoms with E-state index >= 15 is 0 Å². The maximum atomic E-state index is 6.49. The van der Waals surface area contributed by atoms with Crippen molar-refractivity contribution in [1.82, 2.24) is 15.0 Å². The molecule has 0 saturated carbocycles. The molecule has 4 heteroatoms. The topological polar surface area (TPSA) is 51.8 Å². The van der Waals surface area contributed by atoms with Gasteiger partial charge in [0.15, 0.2) is 17.5 Å². The van der Waals surface area contributed by atoms with Crippen LogP contribution in [0.25, 0.3) is 100 Å². The minimum absolute atomic E-state index is 0.583. The summed E-state index contributed by atoms with van der Waals surface area (Å²) in [6.07, 6.45) is 0. The van der Waals surface area contributed by atoms with Crippen LogP contribution in [0.5, 0.6) is 0 Å². The highest BCUT2D eigenvalue weighted by Crippen LogP contribution is 2.39. The standard InChI is InChI=1S/C49H31N3O/c1-4-12-32(13-5-1)33-22-25-37(26-23-33)47-50-48(38-27-24-36-18-10-19-40(43(36)30-38)34-14-6-2-7-15-34)52-49(51-47)39-28-29-42-45(31-39)53-44-21-11-20-41(46(42)44)35-16-8-3-9-17-35/h1-31H. The molecule has 0 aliphatic rings. The molecule has 0 aliphatic carbocycles. The zero-order chi connectivity index (χ0) is 35.1. The number of hydrogen-bond donors (Lipinski definition) is 0. The van der Waals surface area contributed by atoms with Crippen LogP contribution in [0.4, 0.5) is 0 Å². The van der Waals surface area contributed by atoms with E-state index < -0.39 is 0 Å². The Balaban J connectivity index is 1.14. The molecule has 0 fully saturated rings. The van der Waals surface area contributed by atoms with Crippen LogP contribution in [0.1, 0.15) is 0 Å². The number of hydrogen-bond acceptors (Lipinski definition) is 4. The summed E-state index contributed by atoms with van der Waals surface area (Å²) in [5.74, 6) is 1.80. The smallest absolute Gasteiger partial charge is 0.164 e. The zero-order valence-electron chi connectivity index (χ0n) is 28.6. The van der Waals surface area contributed by atoms with E-state index in [9.17, 15) is 0 Å². The average molecular weight is 678 g/mol. The summed E-state index contributed by atoms with van der Waals surface area (Å²) in [4.78, 5) is 15.3. The second-order valence-corrected chi connectivity index (χ2v) is 13.2. The molecule has 0 N–H and O–H groups in total. The lowest BCUT2D eigenvalue weighted by molar-refractivity contribution is 0.669. The van der Waals surface area contributed by atoms with E-state index in [0.717, 1.165) is 71.7 Å². The first-order chi connectivity index (χ1) is 26.2. The second-order valence-electron chi connectivity index (χ2n) is 13.2. The largest absolute Gasteiger partial charge is 0.456 e. The molecule has 0 unspecified atom stereocenters. The Morgan fingerprint density at radius 3 is 1.51 bits per heavy atom. The summed E-state index contributed by atoms with van der Waals surface area (Å²) in [5, 5.41) is 4.45. The van der Waals surface area contributed by atoms with Crippen LogP contribution in [0, 0.1) is 0 Å². The van der Waals surface area contributed by atoms with Crippen molar-refractivity contribution in [3.8, 4) is 67.5 Å². The first-order valence-corrected chi connectivity index (χ1v) is 17.8. The molecule has 0 aliphatic heterocycles. The summed E-state index contributed by atoms with van der Waals surface area (Å²) in [6.45, 7) is 0. The van der Waals surface area contributed by atoms with E-state index in [1.165, 1.54) is 11.1 Å². The van der Waals surface area contributed by atoms with E-state index in [4.69, 9.17) is 19.4 Å². The van der Waals surface area contributed by atoms with Gasteiger partial charge < -0.3 is 4.42 Å². The Hall–Kier alpha value is -7.17. The molecule has 0 radical (unpaired) electrons. The number of benzene rings is 8. The average Bonchev–Trinajstić information content (AvgIpc) is 3.62. The fraction of sp³-hybridized carbons (Fsp3) is 0. The van der Waals surface area contributed by atoms with Crippen molar-refractivity contribution in [2.24, 2.45) is 0 Å². The van der Waals surface area contributed by atoms with Gasteiger partial charge in [-0.15, -0.1) is 0 Å². The molecule has 0 atom stereocenters. The lowest BCUT2D eigenvalue weighted by Crippen LogP contribution is -2.00. The molecule has 0 bridgehead atoms. The van der Waals surface area contributed by atoms with Gasteiger partial charge in [0.2, 0.25) is 0 Å². The predicted octanol–water partition coefficient (Wildman–Crippen LogP) is 12.9. The van der Waals surface area contributed by atoms with E-state index in [2.05, 4.69) is 158 Å². The summed E-state index contributed by atoms with van der Waals surface area (Å²) in [7, 11) is 0. The van der Waals surface area contributed by atoms with Crippen LogP contribution in [-0.4, -0.2) is 15.0 Å². The third kappa shape index (κ3) is 5.63. The first-order valence-electron chi connectivity index (χ1n) is 17.8. The number of furan rings is 1. The quantitative estimate of drug-likeness (QED) is 0.176. The van der Waals surface area contributed by atoms with Crippen molar-refractivity contribution in [3.63, 3.8) is 0 Å². The Kier molecular flexibility index (Phi) is 7.43. The van der Waals surface area contributed by atoms with Crippen LogP contribution in [-0.2, 0) is 0 Å². The summed E-state index contributed by atoms with van der Waals surface area (Å²) in [5.41, 5.74) is 11.3. The van der Waals surface area contributed by atoms with Crippen molar-refractivity contribution in [2.45, 2.75) is 0 Å². The molecule has 0 spiro atoms. The highest BCUT2D eigenvalue weighted by atomic mass is 16.3. The van der Waals surface area contributed by atoms with E-state index in [1.807, 2.05) is 30.3 Å². The van der Waals surface area contributed by atoms with E-state index in [1.54, 1.807) is 0 Å². The minimum Gasteiger partial charge on any atom is -0.456 e. The van der Waals surface area contributed by atoms with Gasteiger partial charge in [-0.3, -0.25) is 0 Å². The summed E-state index contributed by atoms with van der Waals surface area (Å²) < 4.78 is 6.49. The highest BCUT2D eigenvalue weighted by molar-refractivity contribution is 6.13. The SMILES string of the molecule is c1ccc(-c2ccc(-c3nc(-c4ccc5c(c4)oc4cccc(-c6ccccc6)c45)nc(-c4ccc5cccc(-c6ccccc6)c5c4)n3)cc2)cc1. The van der Waals surface area contributed by atoms with Gasteiger partial charge in [0, 0.05) is 27.5 Å². The maximum Gasteiger partial charge on any atom is 0.164 e. The number of aromatic nitrogens is 3. The van der Waals surface area contributed by atoms with Crippen molar-refractivity contribution < 1.29 is 4.42 Å². The molecule has 8 aromatic carbocycles. The van der Waals surface area contributed by atoms with Crippen LogP contribution < -0.4 is 0 Å². The Morgan fingerprint density at radius 2 is 0.811 bits per heavy atom. The lowest BCUT2D eigenvalue weighted by Gasteiger charge is -2.11. The van der Waals surface area contributed by atoms with Gasteiger partial charge in [-0.25, -0.2) is 15.0 Å². The Bertz CT molecular complexity index is 2920. The molecular weight excluding hydrogens is 647 g/mol. The molecule has 0 saturated heterocycles. The molecule has 4 nitrogen and oxygen atoms in total. The van der Waals surface area contributed by atoms with Crippen LogP contribution in [0.15, 0.2) is 192 Å². The fourth-order valence-corrected chi connectivity index (χ4v) is 7.31. The molecule has 10 aromatic rings. The highest BCUT2D eigenvalue weighted by Gasteiger charge is 2.17. The van der Waals surface area contributed by atoms with Crippen molar-refractivity contribution in [1.29, 1.82) is 0 Å². The van der Waals surface area contributed by atoms with Gasteiger partial charge in [0.1, 0.15) is 11.2 Å². The van der Waals surface area contributed by atoms with E-state index in [0.29, 0.717) is 17.5 Å². The Morgan fingerprint density at radius 1 is 0.302 bits per heavy atom. The fourth-order valence-electron chi connectivity index (χ4n) is 7.31. The summed E-state index contributed by atoms with van der Waals surface area (Å²) >= 11 is 0. The van der Waals surface area contributed by atoms with Gasteiger partial charge in [0.05, 0.1) is 0 Å². The molecule has 2 heterocycles. The van der Waals surface area contributed by atoms with Crippen molar-refractivity contribution in [3.05, 3.63) is 188 Å². The lowest BCUT2D eigenvalue weighted by atomic mass is 9.96. The van der Waals surface area contributed by atoms with Gasteiger partial charge in [-0.2, -0.15) is 0 Å². The number of nitrogens with zero attached hydrogens (tertiary/aromatic N) is 3. The molecule has 53 heavy (non-hydrogen) atoms. The molecule has 2 aromatic heterocycles. The predicted molar refractivity (Wildman–Crippen MR) is 217 cm³/mol. The van der Waals surface area contributed by atoms with Gasteiger partial charge in [-0.05, 0) is 68.4 Å². The molecule has 10 rings (SSSR count). The van der Waals surface area contributed by atoms with Gasteiger partial charge >= 0.3 is 0 Å². The van der Waals surface area contributed by atoms with Crippen molar-refractivity contribution in [2.75, 3.05) is 0 Å². The minimum atomic E-state index is 0.583. The Labute approximate surface area is 306 Å². The zero-order valence-corrected chi connectivity index (χ0v) is 28.6.